The number of aromatic nitrogens is 5. The molecule has 10 heteroatoms. The Morgan fingerprint density at radius 1 is 1.28 bits per heavy atom. The number of carbonyl (C=O) groups excluding carboxylic acids is 1. The van der Waals surface area contributed by atoms with Crippen molar-refractivity contribution in [1.82, 2.24) is 30.1 Å². The SMILES string of the molecule is CN(C)CC1CN(c2ccc(-c3ccc(-c4nnn(C)n4)nc3)c(F)c2)C(=O)O1. The maximum atomic E-state index is 14.8. The number of hydrogen-bond donors (Lipinski definition) is 0. The molecule has 1 aliphatic rings. The third-order valence-electron chi connectivity index (χ3n) is 4.52. The van der Waals surface area contributed by atoms with Crippen LogP contribution in [0.5, 0.6) is 0 Å². The highest BCUT2D eigenvalue weighted by Crippen LogP contribution is 2.29. The van der Waals surface area contributed by atoms with Crippen LogP contribution in [0.3, 0.4) is 0 Å². The first-order valence-corrected chi connectivity index (χ1v) is 9.04. The molecule has 0 spiro atoms. The number of tetrazole rings is 1. The second kappa shape index (κ2) is 7.55. The van der Waals surface area contributed by atoms with Crippen LogP contribution in [0.15, 0.2) is 36.5 Å². The van der Waals surface area contributed by atoms with E-state index in [4.69, 9.17) is 4.74 Å². The number of aryl methyl sites for hydroxylation is 1. The second-order valence-corrected chi connectivity index (χ2v) is 7.08. The summed E-state index contributed by atoms with van der Waals surface area (Å²) in [6.45, 7) is 0.999. The molecule has 0 aliphatic carbocycles. The predicted molar refractivity (Wildman–Crippen MR) is 104 cm³/mol. The standard InChI is InChI=1S/C19H20FN7O2/c1-25(2)10-14-11-27(19(28)29-14)13-5-6-15(16(20)8-13)12-4-7-17(21-9-12)18-22-24-26(3)23-18/h4-9,14H,10-11H2,1-3H3. The van der Waals surface area contributed by atoms with Crippen molar-refractivity contribution in [1.29, 1.82) is 0 Å². The van der Waals surface area contributed by atoms with Crippen LogP contribution >= 0.6 is 0 Å². The van der Waals surface area contributed by atoms with E-state index in [1.165, 1.54) is 15.8 Å². The summed E-state index contributed by atoms with van der Waals surface area (Å²) in [5, 5.41) is 11.8. The van der Waals surface area contributed by atoms with Crippen LogP contribution in [0.1, 0.15) is 0 Å². The Balaban J connectivity index is 1.54. The molecule has 1 unspecified atom stereocenters. The molecule has 4 rings (SSSR count). The van der Waals surface area contributed by atoms with Crippen molar-refractivity contribution < 1.29 is 13.9 Å². The van der Waals surface area contributed by atoms with Crippen LogP contribution in [0.4, 0.5) is 14.9 Å². The van der Waals surface area contributed by atoms with E-state index in [1.807, 2.05) is 19.0 Å². The van der Waals surface area contributed by atoms with Gasteiger partial charge in [0.05, 0.1) is 19.3 Å². The van der Waals surface area contributed by atoms with Gasteiger partial charge in [-0.3, -0.25) is 9.88 Å². The van der Waals surface area contributed by atoms with E-state index in [2.05, 4.69) is 20.4 Å². The summed E-state index contributed by atoms with van der Waals surface area (Å²) in [5.74, 6) is -0.0479. The first-order chi connectivity index (χ1) is 13.9. The molecule has 150 valence electrons. The molecule has 1 fully saturated rings. The molecule has 0 radical (unpaired) electrons. The minimum atomic E-state index is -0.466. The molecule has 0 bridgehead atoms. The zero-order chi connectivity index (χ0) is 20.5. The Morgan fingerprint density at radius 3 is 2.72 bits per heavy atom. The third kappa shape index (κ3) is 3.92. The molecular formula is C19H20FN7O2. The Morgan fingerprint density at radius 2 is 2.10 bits per heavy atom. The molecule has 3 aromatic rings. The largest absolute Gasteiger partial charge is 0.443 e. The third-order valence-corrected chi connectivity index (χ3v) is 4.52. The van der Waals surface area contributed by atoms with Crippen LogP contribution in [-0.2, 0) is 11.8 Å². The number of nitrogens with zero attached hydrogens (tertiary/aromatic N) is 7. The number of anilines is 1. The van der Waals surface area contributed by atoms with Gasteiger partial charge in [-0.25, -0.2) is 9.18 Å². The summed E-state index contributed by atoms with van der Waals surface area (Å²) in [4.78, 5) is 21.2. The van der Waals surface area contributed by atoms with Crippen LogP contribution in [0, 0.1) is 5.82 Å². The summed E-state index contributed by atoms with van der Waals surface area (Å²) in [7, 11) is 5.48. The fraction of sp³-hybridized carbons (Fsp3) is 0.316. The Bertz CT molecular complexity index is 1040. The van der Waals surface area contributed by atoms with Crippen LogP contribution in [0.25, 0.3) is 22.6 Å². The van der Waals surface area contributed by atoms with Crippen molar-refractivity contribution in [2.75, 3.05) is 32.1 Å². The average Bonchev–Trinajstić information content (AvgIpc) is 3.27. The number of benzene rings is 1. The van der Waals surface area contributed by atoms with Gasteiger partial charge in [-0.1, -0.05) is 6.07 Å². The number of halogens is 1. The van der Waals surface area contributed by atoms with E-state index in [9.17, 15) is 9.18 Å². The van der Waals surface area contributed by atoms with Gasteiger partial charge in [0.15, 0.2) is 0 Å². The Labute approximate surface area is 166 Å². The first kappa shape index (κ1) is 18.9. The van der Waals surface area contributed by atoms with Gasteiger partial charge in [0.2, 0.25) is 5.82 Å². The van der Waals surface area contributed by atoms with Crippen molar-refractivity contribution in [3.8, 4) is 22.6 Å². The van der Waals surface area contributed by atoms with Gasteiger partial charge in [-0.05, 0) is 43.6 Å². The molecular weight excluding hydrogens is 377 g/mol. The highest BCUT2D eigenvalue weighted by atomic mass is 19.1. The molecule has 1 amide bonds. The molecule has 1 saturated heterocycles. The van der Waals surface area contributed by atoms with Gasteiger partial charge >= 0.3 is 6.09 Å². The molecule has 9 nitrogen and oxygen atoms in total. The molecule has 0 N–H and O–H groups in total. The minimum Gasteiger partial charge on any atom is -0.443 e. The summed E-state index contributed by atoms with van der Waals surface area (Å²) < 4.78 is 20.1. The fourth-order valence-corrected chi connectivity index (χ4v) is 3.21. The highest BCUT2D eigenvalue weighted by Gasteiger charge is 2.32. The normalized spacial score (nSPS) is 16.5. The van der Waals surface area contributed by atoms with E-state index < -0.39 is 11.9 Å². The second-order valence-electron chi connectivity index (χ2n) is 7.08. The quantitative estimate of drug-likeness (QED) is 0.650. The number of amides is 1. The summed E-state index contributed by atoms with van der Waals surface area (Å²) in [6, 6.07) is 8.13. The van der Waals surface area contributed by atoms with Gasteiger partial charge in [0.1, 0.15) is 17.6 Å². The number of ether oxygens (including phenoxy) is 1. The average molecular weight is 397 g/mol. The van der Waals surface area contributed by atoms with Gasteiger partial charge in [-0.2, -0.15) is 4.80 Å². The lowest BCUT2D eigenvalue weighted by Gasteiger charge is -2.16. The summed E-state index contributed by atoms with van der Waals surface area (Å²) in [6.07, 6.45) is 0.847. The number of hydrogen-bond acceptors (Lipinski definition) is 7. The molecule has 2 aromatic heterocycles. The van der Waals surface area contributed by atoms with E-state index in [0.29, 0.717) is 41.4 Å². The monoisotopic (exact) mass is 397 g/mol. The lowest BCUT2D eigenvalue weighted by molar-refractivity contribution is 0.123. The van der Waals surface area contributed by atoms with Crippen molar-refractivity contribution >= 4 is 11.8 Å². The molecule has 1 atom stereocenters. The van der Waals surface area contributed by atoms with Crippen molar-refractivity contribution in [2.45, 2.75) is 6.10 Å². The minimum absolute atomic E-state index is 0.244. The lowest BCUT2D eigenvalue weighted by atomic mass is 10.1. The van der Waals surface area contributed by atoms with Crippen molar-refractivity contribution in [2.24, 2.45) is 7.05 Å². The zero-order valence-electron chi connectivity index (χ0n) is 16.3. The van der Waals surface area contributed by atoms with Gasteiger partial charge in [-0.15, -0.1) is 10.2 Å². The molecule has 29 heavy (non-hydrogen) atoms. The van der Waals surface area contributed by atoms with Crippen molar-refractivity contribution in [3.63, 3.8) is 0 Å². The fourth-order valence-electron chi connectivity index (χ4n) is 3.21. The summed E-state index contributed by atoms with van der Waals surface area (Å²) in [5.41, 5.74) is 2.00. The van der Waals surface area contributed by atoms with E-state index in [1.54, 1.807) is 37.5 Å². The smallest absolute Gasteiger partial charge is 0.414 e. The van der Waals surface area contributed by atoms with Gasteiger partial charge in [0.25, 0.3) is 0 Å². The molecule has 3 heterocycles. The Hall–Kier alpha value is -3.40. The van der Waals surface area contributed by atoms with Crippen molar-refractivity contribution in [3.05, 3.63) is 42.3 Å². The summed E-state index contributed by atoms with van der Waals surface area (Å²) >= 11 is 0. The maximum Gasteiger partial charge on any atom is 0.414 e. The first-order valence-electron chi connectivity index (χ1n) is 9.04. The van der Waals surface area contributed by atoms with Gasteiger partial charge < -0.3 is 9.64 Å². The van der Waals surface area contributed by atoms with Crippen LogP contribution < -0.4 is 4.90 Å². The van der Waals surface area contributed by atoms with E-state index >= 15 is 0 Å². The number of rotatable bonds is 5. The van der Waals surface area contributed by atoms with Crippen LogP contribution in [0.2, 0.25) is 0 Å². The number of pyridine rings is 1. The Kier molecular flexibility index (Phi) is 4.93. The molecule has 0 saturated carbocycles. The number of carbonyl (C=O) groups is 1. The zero-order valence-corrected chi connectivity index (χ0v) is 16.3. The number of likely N-dealkylation sites (N-methyl/N-ethyl adjacent to an activating group) is 1. The van der Waals surface area contributed by atoms with Crippen LogP contribution in [-0.4, -0.2) is 69.5 Å². The molecule has 1 aromatic carbocycles. The topological polar surface area (TPSA) is 89.3 Å². The maximum absolute atomic E-state index is 14.8. The molecule has 1 aliphatic heterocycles. The van der Waals surface area contributed by atoms with E-state index in [0.717, 1.165) is 0 Å². The highest BCUT2D eigenvalue weighted by molar-refractivity contribution is 5.90. The number of cyclic esters (lactones) is 1. The predicted octanol–water partition coefficient (Wildman–Crippen LogP) is 1.96. The van der Waals surface area contributed by atoms with Gasteiger partial charge in [0, 0.05) is 23.9 Å². The lowest BCUT2D eigenvalue weighted by Crippen LogP contribution is -2.30. The van der Waals surface area contributed by atoms with E-state index in [-0.39, 0.29) is 6.10 Å².